The number of nitrogens with zero attached hydrogens (tertiary/aromatic N) is 2. The fourth-order valence-corrected chi connectivity index (χ4v) is 2.76. The Morgan fingerprint density at radius 2 is 1.95 bits per heavy atom. The van der Waals surface area contributed by atoms with Crippen molar-refractivity contribution in [1.82, 2.24) is 9.55 Å². The first-order valence-corrected chi connectivity index (χ1v) is 7.33. The molecule has 2 aromatic carbocycles. The lowest BCUT2D eigenvalue weighted by molar-refractivity contribution is 0.573. The fourth-order valence-electron chi connectivity index (χ4n) is 2.76. The lowest BCUT2D eigenvalue weighted by atomic mass is 9.99. The molecule has 1 unspecified atom stereocenters. The molecule has 1 heterocycles. The average molecular weight is 293 g/mol. The van der Waals surface area contributed by atoms with E-state index in [1.54, 1.807) is 4.57 Å². The van der Waals surface area contributed by atoms with Crippen LogP contribution in [-0.4, -0.2) is 9.55 Å². The van der Waals surface area contributed by atoms with Gasteiger partial charge in [-0.15, -0.1) is 0 Å². The van der Waals surface area contributed by atoms with Gasteiger partial charge in [-0.3, -0.25) is 4.79 Å². The first-order valence-electron chi connectivity index (χ1n) is 7.33. The van der Waals surface area contributed by atoms with Crippen LogP contribution < -0.4 is 11.3 Å². The lowest BCUT2D eigenvalue weighted by Crippen LogP contribution is -2.27. The Morgan fingerprint density at radius 1 is 1.18 bits per heavy atom. The van der Waals surface area contributed by atoms with Crippen molar-refractivity contribution in [2.24, 2.45) is 5.73 Å². The minimum atomic E-state index is -0.233. The second-order valence-corrected chi connectivity index (χ2v) is 5.66. The molecule has 0 aliphatic carbocycles. The standard InChI is InChI=1S/C18H19N3O/c1-12-7-8-13(2)14(9-12)15(19)11-21-17-6-4-3-5-16(17)20-10-18(21)22/h3-10,15H,11,19H2,1-2H3. The van der Waals surface area contributed by atoms with Crippen LogP contribution in [0.4, 0.5) is 0 Å². The Kier molecular flexibility index (Phi) is 3.77. The quantitative estimate of drug-likeness (QED) is 0.807. The Balaban J connectivity index is 2.04. The highest BCUT2D eigenvalue weighted by molar-refractivity contribution is 5.74. The van der Waals surface area contributed by atoms with Gasteiger partial charge in [0.15, 0.2) is 0 Å². The monoisotopic (exact) mass is 293 g/mol. The molecule has 0 aliphatic rings. The highest BCUT2D eigenvalue weighted by atomic mass is 16.1. The molecular weight excluding hydrogens is 274 g/mol. The smallest absolute Gasteiger partial charge is 0.269 e. The van der Waals surface area contributed by atoms with Crippen molar-refractivity contribution < 1.29 is 0 Å². The van der Waals surface area contributed by atoms with Crippen molar-refractivity contribution in [3.63, 3.8) is 0 Å². The van der Waals surface area contributed by atoms with Crippen LogP contribution >= 0.6 is 0 Å². The highest BCUT2D eigenvalue weighted by Gasteiger charge is 2.13. The molecule has 22 heavy (non-hydrogen) atoms. The summed E-state index contributed by atoms with van der Waals surface area (Å²) in [6.07, 6.45) is 1.36. The zero-order valence-corrected chi connectivity index (χ0v) is 12.8. The number of rotatable bonds is 3. The van der Waals surface area contributed by atoms with E-state index in [1.165, 1.54) is 11.8 Å². The fraction of sp³-hybridized carbons (Fsp3) is 0.222. The predicted molar refractivity (Wildman–Crippen MR) is 88.8 cm³/mol. The van der Waals surface area contributed by atoms with Crippen LogP contribution in [0.15, 0.2) is 53.5 Å². The normalized spacial score (nSPS) is 12.5. The molecule has 1 atom stereocenters. The van der Waals surface area contributed by atoms with Crippen LogP contribution in [0.25, 0.3) is 11.0 Å². The minimum absolute atomic E-state index is 0.126. The Hall–Kier alpha value is -2.46. The molecule has 0 amide bonds. The van der Waals surface area contributed by atoms with Crippen LogP contribution in [0.3, 0.4) is 0 Å². The van der Waals surface area contributed by atoms with Crippen molar-refractivity contribution in [3.05, 3.63) is 75.7 Å². The molecule has 0 saturated heterocycles. The number of para-hydroxylation sites is 2. The Morgan fingerprint density at radius 3 is 2.77 bits per heavy atom. The van der Waals surface area contributed by atoms with Crippen molar-refractivity contribution >= 4 is 11.0 Å². The number of nitrogens with two attached hydrogens (primary N) is 1. The zero-order chi connectivity index (χ0) is 15.7. The van der Waals surface area contributed by atoms with Crippen LogP contribution in [0, 0.1) is 13.8 Å². The first kappa shape index (κ1) is 14.5. The van der Waals surface area contributed by atoms with Crippen molar-refractivity contribution in [2.75, 3.05) is 0 Å². The largest absolute Gasteiger partial charge is 0.322 e. The number of aryl methyl sites for hydroxylation is 2. The summed E-state index contributed by atoms with van der Waals surface area (Å²) in [4.78, 5) is 16.4. The molecule has 3 rings (SSSR count). The maximum absolute atomic E-state index is 12.2. The lowest BCUT2D eigenvalue weighted by Gasteiger charge is -2.18. The van der Waals surface area contributed by atoms with E-state index in [2.05, 4.69) is 23.2 Å². The topological polar surface area (TPSA) is 60.9 Å². The molecule has 2 N–H and O–H groups in total. The summed E-state index contributed by atoms with van der Waals surface area (Å²) in [6, 6.07) is 13.6. The number of hydrogen-bond acceptors (Lipinski definition) is 3. The van der Waals surface area contributed by atoms with E-state index < -0.39 is 0 Å². The van der Waals surface area contributed by atoms with Gasteiger partial charge in [-0.25, -0.2) is 4.98 Å². The minimum Gasteiger partial charge on any atom is -0.322 e. The van der Waals surface area contributed by atoms with Crippen LogP contribution in [-0.2, 0) is 6.54 Å². The molecule has 0 saturated carbocycles. The summed E-state index contributed by atoms with van der Waals surface area (Å²) in [5.41, 5.74) is 11.3. The van der Waals surface area contributed by atoms with Gasteiger partial charge in [0.05, 0.1) is 17.2 Å². The Bertz CT molecular complexity index is 883. The average Bonchev–Trinajstić information content (AvgIpc) is 2.52. The van der Waals surface area contributed by atoms with E-state index in [9.17, 15) is 4.79 Å². The maximum atomic E-state index is 12.2. The van der Waals surface area contributed by atoms with Crippen LogP contribution in [0.5, 0.6) is 0 Å². The third-order valence-corrected chi connectivity index (χ3v) is 3.97. The van der Waals surface area contributed by atoms with Gasteiger partial charge < -0.3 is 10.3 Å². The van der Waals surface area contributed by atoms with Gasteiger partial charge in [0.2, 0.25) is 0 Å². The van der Waals surface area contributed by atoms with E-state index in [1.807, 2.05) is 38.1 Å². The van der Waals surface area contributed by atoms with E-state index in [0.29, 0.717) is 6.54 Å². The first-order chi connectivity index (χ1) is 10.6. The molecule has 1 aromatic heterocycles. The molecule has 0 bridgehead atoms. The molecule has 0 radical (unpaired) electrons. The second-order valence-electron chi connectivity index (χ2n) is 5.66. The summed E-state index contributed by atoms with van der Waals surface area (Å²) in [6.45, 7) is 4.53. The van der Waals surface area contributed by atoms with Crippen molar-refractivity contribution in [2.45, 2.75) is 26.4 Å². The van der Waals surface area contributed by atoms with Crippen molar-refractivity contribution in [3.8, 4) is 0 Å². The molecule has 112 valence electrons. The van der Waals surface area contributed by atoms with E-state index in [0.717, 1.165) is 22.2 Å². The number of fused-ring (bicyclic) bond motifs is 1. The molecule has 0 aliphatic heterocycles. The highest BCUT2D eigenvalue weighted by Crippen LogP contribution is 2.20. The van der Waals surface area contributed by atoms with Gasteiger partial charge in [0, 0.05) is 12.6 Å². The summed E-state index contributed by atoms with van der Waals surface area (Å²) < 4.78 is 1.70. The number of aromatic nitrogens is 2. The van der Waals surface area contributed by atoms with Gasteiger partial charge in [-0.1, -0.05) is 35.9 Å². The summed E-state index contributed by atoms with van der Waals surface area (Å²) in [7, 11) is 0. The van der Waals surface area contributed by atoms with E-state index in [4.69, 9.17) is 5.73 Å². The SMILES string of the molecule is Cc1ccc(C)c(C(N)Cn2c(=O)cnc3ccccc32)c1. The molecule has 3 aromatic rings. The van der Waals surface area contributed by atoms with Gasteiger partial charge in [-0.2, -0.15) is 0 Å². The summed E-state index contributed by atoms with van der Waals surface area (Å²) in [5.74, 6) is 0. The number of benzene rings is 2. The maximum Gasteiger partial charge on any atom is 0.269 e. The van der Waals surface area contributed by atoms with Gasteiger partial charge in [0.1, 0.15) is 0 Å². The molecular formula is C18H19N3O. The summed E-state index contributed by atoms with van der Waals surface area (Å²) in [5, 5.41) is 0. The van der Waals surface area contributed by atoms with E-state index in [-0.39, 0.29) is 11.6 Å². The third kappa shape index (κ3) is 2.65. The third-order valence-electron chi connectivity index (χ3n) is 3.97. The molecule has 4 heteroatoms. The Labute approximate surface area is 129 Å². The second kappa shape index (κ2) is 5.73. The van der Waals surface area contributed by atoms with Crippen LogP contribution in [0.1, 0.15) is 22.7 Å². The summed E-state index contributed by atoms with van der Waals surface area (Å²) >= 11 is 0. The van der Waals surface area contributed by atoms with Gasteiger partial charge in [-0.05, 0) is 37.1 Å². The molecule has 0 spiro atoms. The molecule has 4 nitrogen and oxygen atoms in total. The van der Waals surface area contributed by atoms with Crippen molar-refractivity contribution in [1.29, 1.82) is 0 Å². The number of hydrogen-bond donors (Lipinski definition) is 1. The predicted octanol–water partition coefficient (Wildman–Crippen LogP) is 2.71. The van der Waals surface area contributed by atoms with Gasteiger partial charge >= 0.3 is 0 Å². The zero-order valence-electron chi connectivity index (χ0n) is 12.8. The van der Waals surface area contributed by atoms with Gasteiger partial charge in [0.25, 0.3) is 5.56 Å². The van der Waals surface area contributed by atoms with Crippen LogP contribution in [0.2, 0.25) is 0 Å². The van der Waals surface area contributed by atoms with E-state index >= 15 is 0 Å². The molecule has 0 fully saturated rings.